The van der Waals surface area contributed by atoms with Gasteiger partial charge in [-0.2, -0.15) is 0 Å². The predicted molar refractivity (Wildman–Crippen MR) is 94.6 cm³/mol. The number of nitrogens with one attached hydrogen (secondary N) is 1. The van der Waals surface area contributed by atoms with E-state index < -0.39 is 6.10 Å². The van der Waals surface area contributed by atoms with Crippen LogP contribution in [0.5, 0.6) is 5.75 Å². The van der Waals surface area contributed by atoms with E-state index in [0.717, 1.165) is 11.3 Å². The topological polar surface area (TPSA) is 71.5 Å². The average Bonchev–Trinajstić information content (AvgIpc) is 2.62. The van der Waals surface area contributed by atoms with Crippen molar-refractivity contribution in [3.05, 3.63) is 53.9 Å². The molecule has 1 N–H and O–H groups in total. The molecule has 2 aromatic rings. The molecule has 0 spiro atoms. The molecule has 3 rings (SSSR count). The van der Waals surface area contributed by atoms with Crippen molar-refractivity contribution in [3.8, 4) is 5.75 Å². The molecule has 1 aromatic carbocycles. The fraction of sp³-hybridized carbons (Fsp3) is 0.316. The first kappa shape index (κ1) is 17.0. The van der Waals surface area contributed by atoms with Gasteiger partial charge in [-0.3, -0.25) is 14.6 Å². The number of fused-ring (bicyclic) bond motifs is 1. The van der Waals surface area contributed by atoms with E-state index in [2.05, 4.69) is 10.3 Å². The highest BCUT2D eigenvalue weighted by Gasteiger charge is 2.32. The van der Waals surface area contributed by atoms with Gasteiger partial charge in [-0.25, -0.2) is 0 Å². The molecule has 1 atom stereocenters. The van der Waals surface area contributed by atoms with E-state index in [0.29, 0.717) is 24.4 Å². The highest BCUT2D eigenvalue weighted by Crippen LogP contribution is 2.33. The minimum atomic E-state index is -0.714. The van der Waals surface area contributed by atoms with Gasteiger partial charge < -0.3 is 15.0 Å². The normalized spacial score (nSPS) is 15.9. The van der Waals surface area contributed by atoms with Gasteiger partial charge in [0, 0.05) is 25.4 Å². The maximum absolute atomic E-state index is 12.5. The molecule has 1 unspecified atom stereocenters. The van der Waals surface area contributed by atoms with Gasteiger partial charge in [-0.05, 0) is 37.1 Å². The van der Waals surface area contributed by atoms with Gasteiger partial charge >= 0.3 is 0 Å². The van der Waals surface area contributed by atoms with Crippen LogP contribution in [0.1, 0.15) is 18.2 Å². The Kier molecular flexibility index (Phi) is 4.97. The number of benzene rings is 1. The summed E-state index contributed by atoms with van der Waals surface area (Å²) >= 11 is 0. The second-order valence-electron chi connectivity index (χ2n) is 5.99. The molecule has 6 heteroatoms. The quantitative estimate of drug-likeness (QED) is 0.923. The van der Waals surface area contributed by atoms with Crippen molar-refractivity contribution in [2.45, 2.75) is 26.4 Å². The van der Waals surface area contributed by atoms with Crippen molar-refractivity contribution in [1.29, 1.82) is 0 Å². The summed E-state index contributed by atoms with van der Waals surface area (Å²) in [7, 11) is 0. The Morgan fingerprint density at radius 2 is 2.08 bits per heavy atom. The lowest BCUT2D eigenvalue weighted by Gasteiger charge is -2.33. The maximum Gasteiger partial charge on any atom is 0.262 e. The van der Waals surface area contributed by atoms with Crippen molar-refractivity contribution in [1.82, 2.24) is 10.3 Å². The van der Waals surface area contributed by atoms with Gasteiger partial charge in [-0.15, -0.1) is 0 Å². The summed E-state index contributed by atoms with van der Waals surface area (Å²) in [4.78, 5) is 30.2. The summed E-state index contributed by atoms with van der Waals surface area (Å²) in [6.45, 7) is 4.14. The summed E-state index contributed by atoms with van der Waals surface area (Å²) in [6.07, 6.45) is 1.74. The fourth-order valence-electron chi connectivity index (χ4n) is 2.89. The first-order valence-corrected chi connectivity index (χ1v) is 8.28. The summed E-state index contributed by atoms with van der Waals surface area (Å²) in [5, 5.41) is 2.89. The van der Waals surface area contributed by atoms with E-state index in [9.17, 15) is 9.59 Å². The standard InChI is InChI=1S/C19H21N3O3/c1-13-15(6-5-10-20-13)9-11-21-19(24)18-12-22(14(2)23)16-7-3-4-8-17(16)25-18/h3-8,10,18H,9,11-12H2,1-2H3,(H,21,24). The second-order valence-corrected chi connectivity index (χ2v) is 5.99. The first-order valence-electron chi connectivity index (χ1n) is 8.28. The van der Waals surface area contributed by atoms with Crippen LogP contribution in [0.2, 0.25) is 0 Å². The van der Waals surface area contributed by atoms with E-state index in [1.807, 2.05) is 37.3 Å². The number of para-hydroxylation sites is 2. The van der Waals surface area contributed by atoms with E-state index in [4.69, 9.17) is 4.74 Å². The molecule has 0 aliphatic carbocycles. The molecule has 0 fully saturated rings. The smallest absolute Gasteiger partial charge is 0.262 e. The van der Waals surface area contributed by atoms with Crippen molar-refractivity contribution < 1.29 is 14.3 Å². The number of carbonyl (C=O) groups is 2. The molecular formula is C19H21N3O3. The van der Waals surface area contributed by atoms with E-state index in [1.165, 1.54) is 6.92 Å². The van der Waals surface area contributed by atoms with Crippen molar-refractivity contribution >= 4 is 17.5 Å². The number of pyridine rings is 1. The van der Waals surface area contributed by atoms with Crippen LogP contribution in [0.4, 0.5) is 5.69 Å². The number of ether oxygens (including phenoxy) is 1. The summed E-state index contributed by atoms with van der Waals surface area (Å²) in [5.74, 6) is 0.217. The molecule has 6 nitrogen and oxygen atoms in total. The van der Waals surface area contributed by atoms with Crippen LogP contribution in [0.3, 0.4) is 0 Å². The van der Waals surface area contributed by atoms with Gasteiger partial charge in [0.25, 0.3) is 5.91 Å². The molecule has 2 heterocycles. The highest BCUT2D eigenvalue weighted by molar-refractivity contribution is 5.95. The van der Waals surface area contributed by atoms with Crippen molar-refractivity contribution in [3.63, 3.8) is 0 Å². The lowest BCUT2D eigenvalue weighted by molar-refractivity contribution is -0.128. The molecule has 1 aromatic heterocycles. The number of nitrogens with zero attached hydrogens (tertiary/aromatic N) is 2. The van der Waals surface area contributed by atoms with Crippen LogP contribution in [-0.2, 0) is 16.0 Å². The summed E-state index contributed by atoms with van der Waals surface area (Å²) in [5.41, 5.74) is 2.76. The molecular weight excluding hydrogens is 318 g/mol. The number of anilines is 1. The van der Waals surface area contributed by atoms with Gasteiger partial charge in [-0.1, -0.05) is 18.2 Å². The van der Waals surface area contributed by atoms with Crippen LogP contribution in [0.25, 0.3) is 0 Å². The van der Waals surface area contributed by atoms with Crippen molar-refractivity contribution in [2.75, 3.05) is 18.0 Å². The Bertz CT molecular complexity index is 791. The first-order chi connectivity index (χ1) is 12.1. The third kappa shape index (κ3) is 3.79. The summed E-state index contributed by atoms with van der Waals surface area (Å²) in [6, 6.07) is 11.1. The number of aryl methyl sites for hydroxylation is 1. The molecule has 25 heavy (non-hydrogen) atoms. The third-order valence-electron chi connectivity index (χ3n) is 4.26. The number of aromatic nitrogens is 1. The van der Waals surface area contributed by atoms with Crippen molar-refractivity contribution in [2.24, 2.45) is 0 Å². The molecule has 1 aliphatic rings. The van der Waals surface area contributed by atoms with Crippen LogP contribution in [0, 0.1) is 6.92 Å². The number of hydrogen-bond donors (Lipinski definition) is 1. The van der Waals surface area contributed by atoms with E-state index >= 15 is 0 Å². The number of rotatable bonds is 4. The lowest BCUT2D eigenvalue weighted by atomic mass is 10.1. The highest BCUT2D eigenvalue weighted by atomic mass is 16.5. The van der Waals surface area contributed by atoms with Crippen LogP contribution in [0.15, 0.2) is 42.6 Å². The Hall–Kier alpha value is -2.89. The zero-order chi connectivity index (χ0) is 17.8. The molecule has 130 valence electrons. The molecule has 1 aliphatic heterocycles. The molecule has 2 amide bonds. The largest absolute Gasteiger partial charge is 0.477 e. The Morgan fingerprint density at radius 3 is 2.84 bits per heavy atom. The molecule has 0 bridgehead atoms. The predicted octanol–water partition coefficient (Wildman–Crippen LogP) is 1.86. The van der Waals surface area contributed by atoms with Gasteiger partial charge in [0.15, 0.2) is 6.10 Å². The second kappa shape index (κ2) is 7.34. The van der Waals surface area contributed by atoms with Crippen LogP contribution in [-0.4, -0.2) is 36.0 Å². The minimum absolute atomic E-state index is 0.112. The Morgan fingerprint density at radius 1 is 1.28 bits per heavy atom. The number of amides is 2. The maximum atomic E-state index is 12.5. The lowest BCUT2D eigenvalue weighted by Crippen LogP contribution is -2.50. The van der Waals surface area contributed by atoms with Gasteiger partial charge in [0.05, 0.1) is 12.2 Å². The number of carbonyl (C=O) groups excluding carboxylic acids is 2. The van der Waals surface area contributed by atoms with E-state index in [1.54, 1.807) is 17.2 Å². The fourth-order valence-corrected chi connectivity index (χ4v) is 2.89. The van der Waals surface area contributed by atoms with E-state index in [-0.39, 0.29) is 18.4 Å². The monoisotopic (exact) mass is 339 g/mol. The van der Waals surface area contributed by atoms with Crippen LogP contribution < -0.4 is 15.0 Å². The minimum Gasteiger partial charge on any atom is -0.477 e. The molecule has 0 saturated heterocycles. The summed E-state index contributed by atoms with van der Waals surface area (Å²) < 4.78 is 5.78. The SMILES string of the molecule is CC(=O)N1CC(C(=O)NCCc2cccnc2C)Oc2ccccc21. The molecule has 0 saturated carbocycles. The Balaban J connectivity index is 1.63. The third-order valence-corrected chi connectivity index (χ3v) is 4.26. The average molecular weight is 339 g/mol. The zero-order valence-electron chi connectivity index (χ0n) is 14.4. The Labute approximate surface area is 146 Å². The van der Waals surface area contributed by atoms with Gasteiger partial charge in [0.1, 0.15) is 5.75 Å². The zero-order valence-corrected chi connectivity index (χ0v) is 14.4. The number of hydrogen-bond acceptors (Lipinski definition) is 4. The van der Waals surface area contributed by atoms with Gasteiger partial charge in [0.2, 0.25) is 5.91 Å². The molecule has 0 radical (unpaired) electrons. The van der Waals surface area contributed by atoms with Crippen LogP contribution >= 0.6 is 0 Å².